The van der Waals surface area contributed by atoms with Crippen LogP contribution in [0.5, 0.6) is 0 Å². The first-order valence-corrected chi connectivity index (χ1v) is 5.34. The fraction of sp³-hybridized carbons (Fsp3) is 0.750. The van der Waals surface area contributed by atoms with E-state index in [2.05, 4.69) is 15.3 Å². The summed E-state index contributed by atoms with van der Waals surface area (Å²) in [6, 6.07) is 0. The number of nitrogens with zero attached hydrogens (tertiary/aromatic N) is 1. The van der Waals surface area contributed by atoms with Crippen molar-refractivity contribution in [2.45, 2.75) is 20.0 Å². The molecule has 0 spiro atoms. The smallest absolute Gasteiger partial charge is 0.360 e. The van der Waals surface area contributed by atoms with Gasteiger partial charge in [0.25, 0.3) is 0 Å². The highest BCUT2D eigenvalue weighted by molar-refractivity contribution is 8.14. The van der Waals surface area contributed by atoms with E-state index in [9.17, 15) is 4.79 Å². The molecule has 0 aromatic rings. The maximum Gasteiger partial charge on any atom is 0.433 e. The molecule has 80 valence electrons. The minimum absolute atomic E-state index is 0.0512. The number of rotatable bonds is 2. The van der Waals surface area contributed by atoms with Gasteiger partial charge in [-0.15, -0.1) is 0 Å². The first-order valence-electron chi connectivity index (χ1n) is 4.36. The normalized spacial score (nSPS) is 24.3. The quantitative estimate of drug-likeness (QED) is 0.562. The molecule has 0 radical (unpaired) electrons. The Morgan fingerprint density at radius 1 is 1.79 bits per heavy atom. The minimum Gasteiger partial charge on any atom is -0.360 e. The van der Waals surface area contributed by atoms with Gasteiger partial charge in [-0.25, -0.2) is 4.79 Å². The van der Waals surface area contributed by atoms with Crippen LogP contribution in [0.25, 0.3) is 0 Å². The summed E-state index contributed by atoms with van der Waals surface area (Å²) >= 11 is 1.45. The van der Waals surface area contributed by atoms with Gasteiger partial charge in [-0.05, 0) is 5.92 Å². The molecule has 1 amide bonds. The van der Waals surface area contributed by atoms with Crippen LogP contribution in [0.4, 0.5) is 4.79 Å². The zero-order chi connectivity index (χ0) is 10.6. The third-order valence-electron chi connectivity index (χ3n) is 1.73. The molecule has 1 aliphatic heterocycles. The van der Waals surface area contributed by atoms with Crippen molar-refractivity contribution in [2.75, 3.05) is 13.0 Å². The second-order valence-electron chi connectivity index (χ2n) is 3.15. The second-order valence-corrected chi connectivity index (χ2v) is 4.09. The summed E-state index contributed by atoms with van der Waals surface area (Å²) in [5, 5.41) is 6.78. The first-order chi connectivity index (χ1) is 6.65. The van der Waals surface area contributed by atoms with Crippen LogP contribution in [0.1, 0.15) is 13.8 Å². The Labute approximate surface area is 87.2 Å². The fourth-order valence-corrected chi connectivity index (χ4v) is 1.94. The molecular weight excluding hydrogens is 204 g/mol. The van der Waals surface area contributed by atoms with Crippen molar-refractivity contribution in [3.05, 3.63) is 0 Å². The van der Waals surface area contributed by atoms with Gasteiger partial charge in [0.2, 0.25) is 0 Å². The SMILES string of the molecule is CNC(=O)O/N=C1/SCOC1C(C)C. The summed E-state index contributed by atoms with van der Waals surface area (Å²) in [6.45, 7) is 4.07. The summed E-state index contributed by atoms with van der Waals surface area (Å²) in [5.74, 6) is 0.899. The van der Waals surface area contributed by atoms with Gasteiger partial charge < -0.3 is 10.1 Å². The van der Waals surface area contributed by atoms with E-state index in [1.54, 1.807) is 0 Å². The maximum atomic E-state index is 10.8. The average molecular weight is 218 g/mol. The molecule has 14 heavy (non-hydrogen) atoms. The Kier molecular flexibility index (Phi) is 4.21. The summed E-state index contributed by atoms with van der Waals surface area (Å²) in [7, 11) is 1.49. The molecule has 5 nitrogen and oxygen atoms in total. The molecule has 1 heterocycles. The molecule has 1 N–H and O–H groups in total. The van der Waals surface area contributed by atoms with Crippen LogP contribution < -0.4 is 5.32 Å². The highest BCUT2D eigenvalue weighted by Crippen LogP contribution is 2.25. The number of thioether (sulfide) groups is 1. The van der Waals surface area contributed by atoms with Gasteiger partial charge in [-0.1, -0.05) is 30.8 Å². The van der Waals surface area contributed by atoms with Crippen LogP contribution in [0.2, 0.25) is 0 Å². The Balaban J connectivity index is 2.53. The lowest BCUT2D eigenvalue weighted by atomic mass is 10.1. The second kappa shape index (κ2) is 5.21. The van der Waals surface area contributed by atoms with Crippen molar-refractivity contribution in [2.24, 2.45) is 11.1 Å². The van der Waals surface area contributed by atoms with Crippen LogP contribution in [0.3, 0.4) is 0 Å². The lowest BCUT2D eigenvalue weighted by Gasteiger charge is -2.12. The Morgan fingerprint density at radius 3 is 3.07 bits per heavy atom. The van der Waals surface area contributed by atoms with E-state index < -0.39 is 6.09 Å². The number of ether oxygens (including phenoxy) is 1. The third-order valence-corrected chi connectivity index (χ3v) is 2.58. The van der Waals surface area contributed by atoms with Crippen LogP contribution >= 0.6 is 11.8 Å². The van der Waals surface area contributed by atoms with E-state index in [0.29, 0.717) is 11.9 Å². The molecule has 1 atom stereocenters. The zero-order valence-electron chi connectivity index (χ0n) is 8.44. The Morgan fingerprint density at radius 2 is 2.50 bits per heavy atom. The zero-order valence-corrected chi connectivity index (χ0v) is 9.26. The molecule has 0 aromatic carbocycles. The summed E-state index contributed by atoms with van der Waals surface area (Å²) in [6.07, 6.45) is -0.614. The van der Waals surface area contributed by atoms with E-state index in [4.69, 9.17) is 4.74 Å². The van der Waals surface area contributed by atoms with Crippen molar-refractivity contribution in [1.82, 2.24) is 5.32 Å². The van der Waals surface area contributed by atoms with E-state index in [0.717, 1.165) is 5.04 Å². The first kappa shape index (κ1) is 11.3. The van der Waals surface area contributed by atoms with Crippen LogP contribution in [0, 0.1) is 5.92 Å². The molecule has 1 saturated heterocycles. The van der Waals surface area contributed by atoms with Crippen molar-refractivity contribution >= 4 is 22.9 Å². The lowest BCUT2D eigenvalue weighted by molar-refractivity contribution is 0.111. The third kappa shape index (κ3) is 2.88. The van der Waals surface area contributed by atoms with E-state index >= 15 is 0 Å². The van der Waals surface area contributed by atoms with Crippen molar-refractivity contribution < 1.29 is 14.4 Å². The van der Waals surface area contributed by atoms with E-state index in [-0.39, 0.29) is 6.10 Å². The van der Waals surface area contributed by atoms with Gasteiger partial charge in [0, 0.05) is 7.05 Å². The number of hydrogen-bond donors (Lipinski definition) is 1. The number of hydrogen-bond acceptors (Lipinski definition) is 5. The molecule has 6 heteroatoms. The molecule has 0 bridgehead atoms. The van der Waals surface area contributed by atoms with Gasteiger partial charge in [0.15, 0.2) is 0 Å². The minimum atomic E-state index is -0.562. The Bertz CT molecular complexity index is 243. The van der Waals surface area contributed by atoms with Gasteiger partial charge >= 0.3 is 6.09 Å². The van der Waals surface area contributed by atoms with Crippen molar-refractivity contribution in [1.29, 1.82) is 0 Å². The average Bonchev–Trinajstić information content (AvgIpc) is 2.62. The Hall–Kier alpha value is -0.750. The maximum absolute atomic E-state index is 10.8. The molecule has 1 unspecified atom stereocenters. The summed E-state index contributed by atoms with van der Waals surface area (Å²) in [4.78, 5) is 15.3. The highest BCUT2D eigenvalue weighted by atomic mass is 32.2. The number of amides is 1. The van der Waals surface area contributed by atoms with Gasteiger partial charge in [-0.2, -0.15) is 0 Å². The molecular formula is C8H14N2O3S. The molecule has 0 aliphatic carbocycles. The predicted molar refractivity (Wildman–Crippen MR) is 55.1 cm³/mol. The molecule has 1 aliphatic rings. The highest BCUT2D eigenvalue weighted by Gasteiger charge is 2.28. The molecule has 0 saturated carbocycles. The van der Waals surface area contributed by atoms with E-state index in [1.165, 1.54) is 18.8 Å². The van der Waals surface area contributed by atoms with Crippen molar-refractivity contribution in [3.63, 3.8) is 0 Å². The number of carbonyl (C=O) groups is 1. The van der Waals surface area contributed by atoms with Gasteiger partial charge in [0.05, 0.1) is 5.94 Å². The number of carbonyl (C=O) groups excluding carboxylic acids is 1. The molecule has 1 fully saturated rings. The van der Waals surface area contributed by atoms with Crippen LogP contribution in [-0.4, -0.2) is 30.2 Å². The summed E-state index contributed by atoms with van der Waals surface area (Å²) < 4.78 is 5.41. The fourth-order valence-electron chi connectivity index (χ4n) is 1.01. The number of nitrogens with one attached hydrogen (secondary N) is 1. The largest absolute Gasteiger partial charge is 0.433 e. The van der Waals surface area contributed by atoms with Crippen LogP contribution in [-0.2, 0) is 9.57 Å². The molecule has 0 aromatic heterocycles. The molecule has 1 rings (SSSR count). The van der Waals surface area contributed by atoms with E-state index in [1.807, 2.05) is 13.8 Å². The standard InChI is InChI=1S/C8H14N2O3S/c1-5(2)6-7(14-4-12-6)10-13-8(11)9-3/h5-6H,4H2,1-3H3,(H,9,11)/b10-7+. The predicted octanol–water partition coefficient (Wildman–Crippen LogP) is 1.40. The van der Waals surface area contributed by atoms with Crippen LogP contribution in [0.15, 0.2) is 5.16 Å². The topological polar surface area (TPSA) is 59.9 Å². The van der Waals surface area contributed by atoms with Gasteiger partial charge in [-0.3, -0.25) is 4.84 Å². The van der Waals surface area contributed by atoms with Gasteiger partial charge in [0.1, 0.15) is 11.1 Å². The monoisotopic (exact) mass is 218 g/mol. The summed E-state index contributed by atoms with van der Waals surface area (Å²) in [5.41, 5.74) is 0. The van der Waals surface area contributed by atoms with Crippen molar-refractivity contribution in [3.8, 4) is 0 Å². The number of oxime groups is 1. The lowest BCUT2D eigenvalue weighted by Crippen LogP contribution is -2.23.